The number of hydrogen-bond donors (Lipinski definition) is 1. The lowest BCUT2D eigenvalue weighted by molar-refractivity contribution is 0.535. The number of thiophene rings is 1. The lowest BCUT2D eigenvalue weighted by atomic mass is 10.0. The van der Waals surface area contributed by atoms with E-state index in [-0.39, 0.29) is 0 Å². The number of benzene rings is 1. The van der Waals surface area contributed by atoms with Crippen molar-refractivity contribution in [1.82, 2.24) is 5.32 Å². The van der Waals surface area contributed by atoms with E-state index >= 15 is 0 Å². The number of halogens is 2. The molecule has 1 nitrogen and oxygen atoms in total. The van der Waals surface area contributed by atoms with Gasteiger partial charge in [-0.2, -0.15) is 0 Å². The fourth-order valence-corrected chi connectivity index (χ4v) is 3.95. The van der Waals surface area contributed by atoms with Crippen LogP contribution in [0.3, 0.4) is 0 Å². The van der Waals surface area contributed by atoms with E-state index in [0.717, 1.165) is 24.4 Å². The second-order valence-electron chi connectivity index (χ2n) is 4.44. The largest absolute Gasteiger partial charge is 0.309 e. The zero-order valence-electron chi connectivity index (χ0n) is 10.8. The molecule has 102 valence electrons. The molecule has 19 heavy (non-hydrogen) atoms. The van der Waals surface area contributed by atoms with Crippen molar-refractivity contribution in [2.75, 3.05) is 6.54 Å². The lowest BCUT2D eigenvalue weighted by Crippen LogP contribution is -2.23. The summed E-state index contributed by atoms with van der Waals surface area (Å²) in [5, 5.41) is 6.57. The zero-order valence-corrected chi connectivity index (χ0v) is 14.0. The molecule has 2 rings (SSSR count). The molecule has 0 amide bonds. The smallest absolute Gasteiger partial charge is 0.0467 e. The first kappa shape index (κ1) is 15.0. The van der Waals surface area contributed by atoms with Gasteiger partial charge in [-0.15, -0.1) is 11.3 Å². The van der Waals surface area contributed by atoms with Gasteiger partial charge in [-0.25, -0.2) is 0 Å². The van der Waals surface area contributed by atoms with Gasteiger partial charge in [0.15, 0.2) is 0 Å². The Labute approximate surface area is 132 Å². The SMILES string of the molecule is CCCNC(Cc1ccccc1Cl)c1sccc1Br. The lowest BCUT2D eigenvalue weighted by Gasteiger charge is -2.18. The van der Waals surface area contributed by atoms with Crippen molar-refractivity contribution in [3.05, 3.63) is 55.6 Å². The van der Waals surface area contributed by atoms with E-state index < -0.39 is 0 Å². The zero-order chi connectivity index (χ0) is 13.7. The molecule has 0 saturated carbocycles. The number of nitrogens with one attached hydrogen (secondary N) is 1. The molecule has 2 aromatic rings. The summed E-state index contributed by atoms with van der Waals surface area (Å²) in [5.74, 6) is 0. The second-order valence-corrected chi connectivity index (χ2v) is 6.64. The second kappa shape index (κ2) is 7.44. The highest BCUT2D eigenvalue weighted by Gasteiger charge is 2.17. The van der Waals surface area contributed by atoms with Crippen molar-refractivity contribution in [1.29, 1.82) is 0 Å². The molecule has 0 aliphatic carbocycles. The van der Waals surface area contributed by atoms with E-state index in [0.29, 0.717) is 6.04 Å². The Hall–Kier alpha value is -0.350. The third kappa shape index (κ3) is 4.06. The van der Waals surface area contributed by atoms with Crippen molar-refractivity contribution in [3.63, 3.8) is 0 Å². The van der Waals surface area contributed by atoms with E-state index in [2.05, 4.69) is 45.7 Å². The Morgan fingerprint density at radius 2 is 2.11 bits per heavy atom. The summed E-state index contributed by atoms with van der Waals surface area (Å²) in [6, 6.07) is 10.5. The molecule has 1 N–H and O–H groups in total. The molecule has 0 radical (unpaired) electrons. The topological polar surface area (TPSA) is 12.0 Å². The highest BCUT2D eigenvalue weighted by Crippen LogP contribution is 2.32. The van der Waals surface area contributed by atoms with Crippen LogP contribution >= 0.6 is 38.9 Å². The molecular formula is C15H17BrClNS. The van der Waals surface area contributed by atoms with Crippen LogP contribution in [0.1, 0.15) is 29.8 Å². The Morgan fingerprint density at radius 1 is 1.32 bits per heavy atom. The van der Waals surface area contributed by atoms with Crippen LogP contribution in [0, 0.1) is 0 Å². The number of hydrogen-bond acceptors (Lipinski definition) is 2. The Kier molecular flexibility index (Phi) is 5.89. The number of rotatable bonds is 6. The molecule has 0 bridgehead atoms. The molecule has 1 aromatic carbocycles. The molecule has 0 saturated heterocycles. The summed E-state index contributed by atoms with van der Waals surface area (Å²) < 4.78 is 1.18. The van der Waals surface area contributed by atoms with Crippen molar-refractivity contribution < 1.29 is 0 Å². The maximum absolute atomic E-state index is 6.27. The highest BCUT2D eigenvalue weighted by molar-refractivity contribution is 9.10. The summed E-state index contributed by atoms with van der Waals surface area (Å²) in [4.78, 5) is 1.34. The summed E-state index contributed by atoms with van der Waals surface area (Å²) >= 11 is 11.7. The average molecular weight is 359 g/mol. The van der Waals surface area contributed by atoms with Crippen LogP contribution in [0.2, 0.25) is 5.02 Å². The minimum absolute atomic E-state index is 0.314. The Bertz CT molecular complexity index is 526. The van der Waals surface area contributed by atoms with Crippen LogP contribution in [0.5, 0.6) is 0 Å². The molecule has 1 aromatic heterocycles. The van der Waals surface area contributed by atoms with Gasteiger partial charge in [-0.3, -0.25) is 0 Å². The van der Waals surface area contributed by atoms with Crippen LogP contribution in [0.15, 0.2) is 40.2 Å². The Morgan fingerprint density at radius 3 is 2.74 bits per heavy atom. The van der Waals surface area contributed by atoms with E-state index in [1.807, 2.05) is 18.2 Å². The van der Waals surface area contributed by atoms with Gasteiger partial charge in [-0.05, 0) is 58.4 Å². The van der Waals surface area contributed by atoms with Crippen molar-refractivity contribution in [2.24, 2.45) is 0 Å². The molecule has 1 heterocycles. The normalized spacial score (nSPS) is 12.6. The molecule has 0 spiro atoms. The summed E-state index contributed by atoms with van der Waals surface area (Å²) in [7, 11) is 0. The van der Waals surface area contributed by atoms with Gasteiger partial charge < -0.3 is 5.32 Å². The average Bonchev–Trinajstić information content (AvgIpc) is 2.83. The van der Waals surface area contributed by atoms with Crippen LogP contribution in [0.25, 0.3) is 0 Å². The first-order chi connectivity index (χ1) is 9.22. The molecule has 4 heteroatoms. The van der Waals surface area contributed by atoms with Crippen LogP contribution in [0.4, 0.5) is 0 Å². The first-order valence-electron chi connectivity index (χ1n) is 6.42. The minimum atomic E-state index is 0.314. The van der Waals surface area contributed by atoms with Crippen LogP contribution in [-0.4, -0.2) is 6.54 Å². The summed E-state index contributed by atoms with van der Waals surface area (Å²) in [6.07, 6.45) is 2.04. The summed E-state index contributed by atoms with van der Waals surface area (Å²) in [6.45, 7) is 3.20. The monoisotopic (exact) mass is 357 g/mol. The predicted octanol–water partition coefficient (Wildman–Crippen LogP) is 5.45. The quantitative estimate of drug-likeness (QED) is 0.724. The van der Waals surface area contributed by atoms with E-state index in [9.17, 15) is 0 Å². The van der Waals surface area contributed by atoms with Gasteiger partial charge in [0, 0.05) is 20.4 Å². The maximum atomic E-state index is 6.27. The van der Waals surface area contributed by atoms with Gasteiger partial charge in [0.1, 0.15) is 0 Å². The predicted molar refractivity (Wildman–Crippen MR) is 88.2 cm³/mol. The third-order valence-corrected chi connectivity index (χ3v) is 5.34. The molecule has 1 unspecified atom stereocenters. The third-order valence-electron chi connectivity index (χ3n) is 2.98. The molecular weight excluding hydrogens is 342 g/mol. The van der Waals surface area contributed by atoms with Crippen molar-refractivity contribution in [2.45, 2.75) is 25.8 Å². The maximum Gasteiger partial charge on any atom is 0.0467 e. The van der Waals surface area contributed by atoms with Crippen molar-refractivity contribution in [3.8, 4) is 0 Å². The van der Waals surface area contributed by atoms with E-state index in [1.165, 1.54) is 14.9 Å². The van der Waals surface area contributed by atoms with E-state index in [4.69, 9.17) is 11.6 Å². The van der Waals surface area contributed by atoms with E-state index in [1.54, 1.807) is 11.3 Å². The van der Waals surface area contributed by atoms with Crippen LogP contribution < -0.4 is 5.32 Å². The van der Waals surface area contributed by atoms with Gasteiger partial charge in [-0.1, -0.05) is 36.7 Å². The first-order valence-corrected chi connectivity index (χ1v) is 8.47. The molecule has 0 aliphatic rings. The molecule has 0 aliphatic heterocycles. The highest BCUT2D eigenvalue weighted by atomic mass is 79.9. The standard InChI is InChI=1S/C15H17BrClNS/c1-2-8-18-14(15-12(16)7-9-19-15)10-11-5-3-4-6-13(11)17/h3-7,9,14,18H,2,8,10H2,1H3. The van der Waals surface area contributed by atoms with Crippen LogP contribution in [-0.2, 0) is 6.42 Å². The fraction of sp³-hybridized carbons (Fsp3) is 0.333. The van der Waals surface area contributed by atoms with Gasteiger partial charge in [0.25, 0.3) is 0 Å². The van der Waals surface area contributed by atoms with Gasteiger partial charge >= 0.3 is 0 Å². The fourth-order valence-electron chi connectivity index (χ4n) is 2.01. The van der Waals surface area contributed by atoms with Gasteiger partial charge in [0.2, 0.25) is 0 Å². The minimum Gasteiger partial charge on any atom is -0.309 e. The summed E-state index contributed by atoms with van der Waals surface area (Å²) in [5.41, 5.74) is 1.19. The molecule has 1 atom stereocenters. The van der Waals surface area contributed by atoms with Gasteiger partial charge in [0.05, 0.1) is 0 Å². The molecule has 0 fully saturated rings. The van der Waals surface area contributed by atoms with Crippen molar-refractivity contribution >= 4 is 38.9 Å². The Balaban J connectivity index is 2.19.